The van der Waals surface area contributed by atoms with E-state index < -0.39 is 21.6 Å². The van der Waals surface area contributed by atoms with Crippen molar-refractivity contribution in [1.82, 2.24) is 4.98 Å². The summed E-state index contributed by atoms with van der Waals surface area (Å²) in [5.41, 5.74) is 4.52. The maximum atomic E-state index is 13.0. The fourth-order valence-electron chi connectivity index (χ4n) is 1.89. The molecule has 0 saturated carbocycles. The lowest BCUT2D eigenvalue weighted by molar-refractivity contribution is -0.137. The number of nitrogen functional groups attached to an aromatic ring is 1. The predicted octanol–water partition coefficient (Wildman–Crippen LogP) is 2.75. The summed E-state index contributed by atoms with van der Waals surface area (Å²) in [6.07, 6.45) is -2.59. The molecule has 0 bridgehead atoms. The van der Waals surface area contributed by atoms with Crippen LogP contribution in [0, 0.1) is 0 Å². The third kappa shape index (κ3) is 3.15. The van der Waals surface area contributed by atoms with Crippen LogP contribution in [0.15, 0.2) is 41.4 Å². The summed E-state index contributed by atoms with van der Waals surface area (Å²) in [7, 11) is -3.42. The van der Waals surface area contributed by atoms with E-state index in [1.165, 1.54) is 24.3 Å². The lowest BCUT2D eigenvalue weighted by Crippen LogP contribution is -2.10. The lowest BCUT2D eigenvalue weighted by Gasteiger charge is -2.14. The molecule has 0 radical (unpaired) electrons. The van der Waals surface area contributed by atoms with Gasteiger partial charge in [0.2, 0.25) is 0 Å². The number of hydrogen-bond donors (Lipinski definition) is 1. The summed E-state index contributed by atoms with van der Waals surface area (Å²) < 4.78 is 61.7. The highest BCUT2D eigenvalue weighted by Gasteiger charge is 2.34. The smallest absolute Gasteiger partial charge is 0.383 e. The molecule has 1 aromatic heterocycles. The van der Waals surface area contributed by atoms with Crippen molar-refractivity contribution in [3.05, 3.63) is 42.1 Å². The van der Waals surface area contributed by atoms with Crippen molar-refractivity contribution in [2.45, 2.75) is 11.1 Å². The van der Waals surface area contributed by atoms with Crippen molar-refractivity contribution >= 4 is 15.7 Å². The molecule has 0 atom stereocenters. The van der Waals surface area contributed by atoms with Gasteiger partial charge in [-0.3, -0.25) is 0 Å². The minimum absolute atomic E-state index is 0.0160. The molecule has 4 nitrogen and oxygen atoms in total. The van der Waals surface area contributed by atoms with Gasteiger partial charge in [-0.2, -0.15) is 13.2 Å². The summed E-state index contributed by atoms with van der Waals surface area (Å²) in [6, 6.07) is 5.85. The van der Waals surface area contributed by atoms with Gasteiger partial charge in [0.15, 0.2) is 9.84 Å². The Morgan fingerprint density at radius 3 is 2.14 bits per heavy atom. The molecular weight excluding hydrogens is 305 g/mol. The van der Waals surface area contributed by atoms with Gasteiger partial charge in [-0.05, 0) is 23.8 Å². The van der Waals surface area contributed by atoms with E-state index in [4.69, 9.17) is 5.73 Å². The molecule has 0 spiro atoms. The van der Waals surface area contributed by atoms with E-state index in [0.717, 1.165) is 18.5 Å². The fourth-order valence-corrected chi connectivity index (χ4v) is 2.52. The van der Waals surface area contributed by atoms with Crippen LogP contribution >= 0.6 is 0 Å². The molecule has 2 N–H and O–H groups in total. The van der Waals surface area contributed by atoms with Crippen LogP contribution in [0.25, 0.3) is 11.1 Å². The summed E-state index contributed by atoms with van der Waals surface area (Å²) >= 11 is 0. The number of sulfone groups is 1. The van der Waals surface area contributed by atoms with Crippen molar-refractivity contribution in [2.75, 3.05) is 12.0 Å². The first-order valence-corrected chi connectivity index (χ1v) is 7.62. The average Bonchev–Trinajstić information content (AvgIpc) is 2.36. The second kappa shape index (κ2) is 5.03. The zero-order valence-corrected chi connectivity index (χ0v) is 11.7. The molecule has 1 heterocycles. The van der Waals surface area contributed by atoms with E-state index in [0.29, 0.717) is 0 Å². The number of nitrogens with two attached hydrogens (primary N) is 1. The minimum atomic E-state index is -4.58. The molecule has 0 unspecified atom stereocenters. The van der Waals surface area contributed by atoms with Gasteiger partial charge >= 0.3 is 6.18 Å². The van der Waals surface area contributed by atoms with Crippen LogP contribution in [-0.2, 0) is 16.0 Å². The van der Waals surface area contributed by atoms with Crippen LogP contribution in [0.2, 0.25) is 0 Å². The Balaban J connectivity index is 2.63. The maximum Gasteiger partial charge on any atom is 0.417 e. The number of benzene rings is 1. The van der Waals surface area contributed by atoms with E-state index in [-0.39, 0.29) is 21.8 Å². The highest BCUT2D eigenvalue weighted by atomic mass is 32.2. The van der Waals surface area contributed by atoms with Crippen LogP contribution < -0.4 is 5.73 Å². The molecule has 0 aliphatic heterocycles. The van der Waals surface area contributed by atoms with Crippen LogP contribution in [0.5, 0.6) is 0 Å². The number of aromatic nitrogens is 1. The molecule has 2 rings (SSSR count). The van der Waals surface area contributed by atoms with E-state index in [1.54, 1.807) is 0 Å². The van der Waals surface area contributed by atoms with Crippen LogP contribution in [0.1, 0.15) is 5.56 Å². The maximum absolute atomic E-state index is 13.0. The number of halogens is 3. The highest BCUT2D eigenvalue weighted by molar-refractivity contribution is 7.90. The molecule has 0 amide bonds. The Morgan fingerprint density at radius 2 is 1.67 bits per heavy atom. The summed E-state index contributed by atoms with van der Waals surface area (Å²) in [5.74, 6) is -0.267. The third-order valence-electron chi connectivity index (χ3n) is 2.86. The van der Waals surface area contributed by atoms with Crippen molar-refractivity contribution < 1.29 is 21.6 Å². The van der Waals surface area contributed by atoms with Crippen LogP contribution in [0.4, 0.5) is 19.0 Å². The minimum Gasteiger partial charge on any atom is -0.383 e. The molecule has 112 valence electrons. The van der Waals surface area contributed by atoms with Gasteiger partial charge in [-0.15, -0.1) is 0 Å². The topological polar surface area (TPSA) is 73.0 Å². The van der Waals surface area contributed by atoms with Crippen LogP contribution in [-0.4, -0.2) is 19.7 Å². The SMILES string of the molecule is CS(=O)(=O)c1ccc(-c2c(C(F)(F)F)ccnc2N)cc1. The van der Waals surface area contributed by atoms with Gasteiger partial charge in [-0.25, -0.2) is 13.4 Å². The molecule has 0 aliphatic rings. The van der Waals surface area contributed by atoms with Crippen molar-refractivity contribution in [1.29, 1.82) is 0 Å². The van der Waals surface area contributed by atoms with Gasteiger partial charge < -0.3 is 5.73 Å². The first-order chi connectivity index (χ1) is 9.60. The average molecular weight is 316 g/mol. The molecule has 0 aliphatic carbocycles. The lowest BCUT2D eigenvalue weighted by atomic mass is 10.0. The predicted molar refractivity (Wildman–Crippen MR) is 72.2 cm³/mol. The molecule has 8 heteroatoms. The highest BCUT2D eigenvalue weighted by Crippen LogP contribution is 2.39. The number of anilines is 1. The van der Waals surface area contributed by atoms with E-state index in [9.17, 15) is 21.6 Å². The van der Waals surface area contributed by atoms with Gasteiger partial charge in [0.1, 0.15) is 5.82 Å². The Kier molecular flexibility index (Phi) is 3.66. The third-order valence-corrected chi connectivity index (χ3v) is 3.99. The number of alkyl halides is 3. The summed E-state index contributed by atoms with van der Waals surface area (Å²) in [4.78, 5) is 3.68. The second-order valence-electron chi connectivity index (χ2n) is 4.41. The quantitative estimate of drug-likeness (QED) is 0.924. The zero-order valence-electron chi connectivity index (χ0n) is 10.8. The fraction of sp³-hybridized carbons (Fsp3) is 0.154. The van der Waals surface area contributed by atoms with E-state index in [1.807, 2.05) is 0 Å². The zero-order chi connectivity index (χ0) is 15.8. The summed E-state index contributed by atoms with van der Waals surface area (Å²) in [5, 5.41) is 0. The Labute approximate surface area is 119 Å². The van der Waals surface area contributed by atoms with Crippen molar-refractivity contribution in [3.63, 3.8) is 0 Å². The van der Waals surface area contributed by atoms with E-state index in [2.05, 4.69) is 4.98 Å². The Morgan fingerprint density at radius 1 is 1.10 bits per heavy atom. The molecule has 0 saturated heterocycles. The molecule has 0 fully saturated rings. The first kappa shape index (κ1) is 15.3. The number of pyridine rings is 1. The van der Waals surface area contributed by atoms with E-state index >= 15 is 0 Å². The monoisotopic (exact) mass is 316 g/mol. The van der Waals surface area contributed by atoms with Crippen molar-refractivity contribution in [2.24, 2.45) is 0 Å². The summed E-state index contributed by atoms with van der Waals surface area (Å²) in [6.45, 7) is 0. The van der Waals surface area contributed by atoms with Gasteiger partial charge in [0, 0.05) is 18.0 Å². The number of nitrogens with zero attached hydrogens (tertiary/aromatic N) is 1. The van der Waals surface area contributed by atoms with Gasteiger partial charge in [0.25, 0.3) is 0 Å². The molecule has 2 aromatic rings. The van der Waals surface area contributed by atoms with Gasteiger partial charge in [0.05, 0.1) is 10.5 Å². The Hall–Kier alpha value is -2.09. The first-order valence-electron chi connectivity index (χ1n) is 5.73. The normalized spacial score (nSPS) is 12.4. The van der Waals surface area contributed by atoms with Crippen LogP contribution in [0.3, 0.4) is 0 Å². The van der Waals surface area contributed by atoms with Gasteiger partial charge in [-0.1, -0.05) is 12.1 Å². The van der Waals surface area contributed by atoms with Crippen molar-refractivity contribution in [3.8, 4) is 11.1 Å². The standard InChI is InChI=1S/C13H11F3N2O2S/c1-21(19,20)9-4-2-8(3-5-9)11-10(13(14,15)16)6-7-18-12(11)17/h2-7H,1H3,(H2,17,18). The molecule has 1 aromatic carbocycles. The number of hydrogen-bond acceptors (Lipinski definition) is 4. The Bertz CT molecular complexity index is 769. The number of rotatable bonds is 2. The largest absolute Gasteiger partial charge is 0.417 e. The second-order valence-corrected chi connectivity index (χ2v) is 6.43. The molecular formula is C13H11F3N2O2S. The molecule has 21 heavy (non-hydrogen) atoms.